The summed E-state index contributed by atoms with van der Waals surface area (Å²) in [6.07, 6.45) is 0.678. The summed E-state index contributed by atoms with van der Waals surface area (Å²) in [5.74, 6) is 0.928. The van der Waals surface area contributed by atoms with Gasteiger partial charge in [0.1, 0.15) is 0 Å². The van der Waals surface area contributed by atoms with Crippen LogP contribution in [-0.4, -0.2) is 30.1 Å². The number of aromatic nitrogens is 2. The summed E-state index contributed by atoms with van der Waals surface area (Å²) in [7, 11) is -3.16. The molecule has 0 saturated carbocycles. The van der Waals surface area contributed by atoms with Gasteiger partial charge < -0.3 is 5.32 Å². The maximum absolute atomic E-state index is 12.1. The first kappa shape index (κ1) is 17.0. The summed E-state index contributed by atoms with van der Waals surface area (Å²) in [5, 5.41) is 4.01. The molecule has 0 spiro atoms. The third-order valence-electron chi connectivity index (χ3n) is 4.20. The molecular formula is C18H18N4O2S2. The van der Waals surface area contributed by atoms with Gasteiger partial charge in [0, 0.05) is 30.2 Å². The standard InChI is InChI=1S/C18H18N4O2S2/c23-26(24)11-5-10-22(26)16-9-4-6-14(12-16)13-19-18-20-17(21-25-18)15-7-2-1-3-8-15/h1-4,6-9,12H,5,10-11,13H2,(H,19,20,21). The number of nitrogens with one attached hydrogen (secondary N) is 1. The van der Waals surface area contributed by atoms with Crippen molar-refractivity contribution < 1.29 is 8.42 Å². The lowest BCUT2D eigenvalue weighted by molar-refractivity contribution is 0.599. The molecule has 0 atom stereocenters. The first-order valence-electron chi connectivity index (χ1n) is 8.34. The Hall–Kier alpha value is -2.45. The zero-order valence-corrected chi connectivity index (χ0v) is 15.6. The summed E-state index contributed by atoms with van der Waals surface area (Å²) in [4.78, 5) is 4.51. The van der Waals surface area contributed by atoms with E-state index in [0.29, 0.717) is 25.3 Å². The Labute approximate surface area is 156 Å². The zero-order chi connectivity index (χ0) is 18.0. The van der Waals surface area contributed by atoms with Gasteiger partial charge in [-0.15, -0.1) is 0 Å². The Kier molecular flexibility index (Phi) is 4.60. The lowest BCUT2D eigenvalue weighted by Gasteiger charge is -2.17. The van der Waals surface area contributed by atoms with Crippen LogP contribution in [0.3, 0.4) is 0 Å². The monoisotopic (exact) mass is 386 g/mol. The van der Waals surface area contributed by atoms with Crippen LogP contribution in [0, 0.1) is 0 Å². The van der Waals surface area contributed by atoms with Crippen LogP contribution in [0.15, 0.2) is 54.6 Å². The normalized spacial score (nSPS) is 15.9. The van der Waals surface area contributed by atoms with Gasteiger partial charge in [0.15, 0.2) is 5.82 Å². The fraction of sp³-hybridized carbons (Fsp3) is 0.222. The summed E-state index contributed by atoms with van der Waals surface area (Å²) in [6, 6.07) is 17.4. The molecule has 1 fully saturated rings. The van der Waals surface area contributed by atoms with E-state index in [1.807, 2.05) is 54.6 Å². The van der Waals surface area contributed by atoms with Crippen molar-refractivity contribution in [3.8, 4) is 11.4 Å². The van der Waals surface area contributed by atoms with E-state index >= 15 is 0 Å². The van der Waals surface area contributed by atoms with Gasteiger partial charge in [-0.05, 0) is 24.1 Å². The maximum Gasteiger partial charge on any atom is 0.235 e. The van der Waals surface area contributed by atoms with Gasteiger partial charge in [-0.3, -0.25) is 4.31 Å². The predicted octanol–water partition coefficient (Wildman–Crippen LogP) is 3.36. The fourth-order valence-corrected chi connectivity index (χ4v) is 5.07. The van der Waals surface area contributed by atoms with Crippen LogP contribution in [-0.2, 0) is 16.6 Å². The van der Waals surface area contributed by atoms with Crippen molar-refractivity contribution in [3.05, 3.63) is 60.2 Å². The Morgan fingerprint density at radius 1 is 1.12 bits per heavy atom. The molecule has 1 aliphatic heterocycles. The predicted molar refractivity (Wildman–Crippen MR) is 105 cm³/mol. The van der Waals surface area contributed by atoms with Crippen molar-refractivity contribution >= 4 is 32.4 Å². The molecule has 1 N–H and O–H groups in total. The molecular weight excluding hydrogens is 368 g/mol. The highest BCUT2D eigenvalue weighted by atomic mass is 32.2. The largest absolute Gasteiger partial charge is 0.356 e. The van der Waals surface area contributed by atoms with Gasteiger partial charge in [0.25, 0.3) is 0 Å². The molecule has 0 unspecified atom stereocenters. The highest BCUT2D eigenvalue weighted by molar-refractivity contribution is 7.93. The smallest absolute Gasteiger partial charge is 0.235 e. The van der Waals surface area contributed by atoms with E-state index in [9.17, 15) is 8.42 Å². The number of benzene rings is 2. The molecule has 8 heteroatoms. The van der Waals surface area contributed by atoms with E-state index in [1.54, 1.807) is 0 Å². The van der Waals surface area contributed by atoms with Gasteiger partial charge >= 0.3 is 0 Å². The number of sulfonamides is 1. The summed E-state index contributed by atoms with van der Waals surface area (Å²) in [5.41, 5.74) is 2.71. The van der Waals surface area contributed by atoms with Crippen LogP contribution in [0.2, 0.25) is 0 Å². The van der Waals surface area contributed by atoms with Gasteiger partial charge in [-0.2, -0.15) is 9.36 Å². The second-order valence-electron chi connectivity index (χ2n) is 6.05. The summed E-state index contributed by atoms with van der Waals surface area (Å²) < 4.78 is 30.0. The molecule has 3 aromatic rings. The molecule has 134 valence electrons. The maximum atomic E-state index is 12.1. The minimum atomic E-state index is -3.16. The molecule has 1 aromatic heterocycles. The average Bonchev–Trinajstić information content (AvgIpc) is 3.27. The Morgan fingerprint density at radius 2 is 1.96 bits per heavy atom. The van der Waals surface area contributed by atoms with Crippen LogP contribution in [0.1, 0.15) is 12.0 Å². The number of anilines is 2. The van der Waals surface area contributed by atoms with Gasteiger partial charge in [-0.25, -0.2) is 8.42 Å². The number of hydrogen-bond donors (Lipinski definition) is 1. The van der Waals surface area contributed by atoms with Crippen molar-refractivity contribution in [2.45, 2.75) is 13.0 Å². The van der Waals surface area contributed by atoms with Crippen molar-refractivity contribution in [1.29, 1.82) is 0 Å². The third kappa shape index (κ3) is 3.56. The first-order valence-corrected chi connectivity index (χ1v) is 10.7. The Morgan fingerprint density at radius 3 is 2.73 bits per heavy atom. The van der Waals surface area contributed by atoms with Crippen LogP contribution in [0.25, 0.3) is 11.4 Å². The van der Waals surface area contributed by atoms with E-state index in [2.05, 4.69) is 14.7 Å². The van der Waals surface area contributed by atoms with Crippen LogP contribution < -0.4 is 9.62 Å². The summed E-state index contributed by atoms with van der Waals surface area (Å²) in [6.45, 7) is 1.11. The molecule has 0 bridgehead atoms. The second kappa shape index (κ2) is 7.05. The van der Waals surface area contributed by atoms with Gasteiger partial charge in [0.2, 0.25) is 15.2 Å². The van der Waals surface area contributed by atoms with Crippen molar-refractivity contribution in [2.24, 2.45) is 0 Å². The van der Waals surface area contributed by atoms with Crippen LogP contribution >= 0.6 is 11.5 Å². The van der Waals surface area contributed by atoms with Crippen molar-refractivity contribution in [2.75, 3.05) is 21.9 Å². The fourth-order valence-electron chi connectivity index (χ4n) is 2.93. The van der Waals surface area contributed by atoms with E-state index in [1.165, 1.54) is 15.8 Å². The lowest BCUT2D eigenvalue weighted by Crippen LogP contribution is -2.25. The van der Waals surface area contributed by atoms with Crippen LogP contribution in [0.5, 0.6) is 0 Å². The minimum Gasteiger partial charge on any atom is -0.356 e. The third-order valence-corrected chi connectivity index (χ3v) is 6.74. The topological polar surface area (TPSA) is 75.2 Å². The minimum absolute atomic E-state index is 0.225. The molecule has 6 nitrogen and oxygen atoms in total. The van der Waals surface area contributed by atoms with Gasteiger partial charge in [0.05, 0.1) is 11.4 Å². The first-order chi connectivity index (χ1) is 12.6. The Balaban J connectivity index is 1.46. The average molecular weight is 387 g/mol. The van der Waals surface area contributed by atoms with Crippen molar-refractivity contribution in [1.82, 2.24) is 9.36 Å². The SMILES string of the molecule is O=S1(=O)CCCN1c1cccc(CNc2nc(-c3ccccc3)ns2)c1. The summed E-state index contributed by atoms with van der Waals surface area (Å²) >= 11 is 1.31. The van der Waals surface area contributed by atoms with E-state index in [-0.39, 0.29) is 5.75 Å². The molecule has 2 aromatic carbocycles. The molecule has 2 heterocycles. The van der Waals surface area contributed by atoms with E-state index in [0.717, 1.165) is 21.9 Å². The molecule has 4 rings (SSSR count). The molecule has 0 aliphatic carbocycles. The molecule has 1 aliphatic rings. The lowest BCUT2D eigenvalue weighted by atomic mass is 10.2. The second-order valence-corrected chi connectivity index (χ2v) is 8.82. The van der Waals surface area contributed by atoms with E-state index < -0.39 is 10.0 Å². The molecule has 1 saturated heterocycles. The highest BCUT2D eigenvalue weighted by Gasteiger charge is 2.28. The van der Waals surface area contributed by atoms with Gasteiger partial charge in [-0.1, -0.05) is 42.5 Å². The number of hydrogen-bond acceptors (Lipinski definition) is 6. The highest BCUT2D eigenvalue weighted by Crippen LogP contribution is 2.25. The quantitative estimate of drug-likeness (QED) is 0.728. The van der Waals surface area contributed by atoms with E-state index in [4.69, 9.17) is 0 Å². The Bertz CT molecular complexity index is 1000. The molecule has 0 radical (unpaired) electrons. The molecule has 26 heavy (non-hydrogen) atoms. The molecule has 0 amide bonds. The number of nitrogens with zero attached hydrogens (tertiary/aromatic N) is 3. The number of rotatable bonds is 5. The zero-order valence-electron chi connectivity index (χ0n) is 14.0. The van der Waals surface area contributed by atoms with Crippen molar-refractivity contribution in [3.63, 3.8) is 0 Å². The van der Waals surface area contributed by atoms with Crippen LogP contribution in [0.4, 0.5) is 10.8 Å².